The molecule has 0 aliphatic carbocycles. The summed E-state index contributed by atoms with van der Waals surface area (Å²) in [7, 11) is -0.477. The summed E-state index contributed by atoms with van der Waals surface area (Å²) < 4.78 is 0. The molecule has 4 nitrogen and oxygen atoms in total. The lowest BCUT2D eigenvalue weighted by molar-refractivity contribution is 0.472. The maximum Gasteiger partial charge on any atom is 0.0413 e. The SMILES string of the molecule is CC(C)(C)P(Cc1c(CP(C2CNCCN2)C2CNCCN2)ccc2ccccc12)C(C)(C)C. The van der Waals surface area contributed by atoms with Crippen molar-refractivity contribution in [2.24, 2.45) is 0 Å². The third-order valence-electron chi connectivity index (χ3n) is 7.27. The molecule has 34 heavy (non-hydrogen) atoms. The molecule has 2 atom stereocenters. The lowest BCUT2D eigenvalue weighted by Gasteiger charge is -2.43. The summed E-state index contributed by atoms with van der Waals surface area (Å²) in [6.07, 6.45) is 2.39. The van der Waals surface area contributed by atoms with Crippen LogP contribution in [0, 0.1) is 0 Å². The summed E-state index contributed by atoms with van der Waals surface area (Å²) in [5, 5.41) is 18.6. The van der Waals surface area contributed by atoms with Gasteiger partial charge in [-0.25, -0.2) is 0 Å². The Hall–Kier alpha value is -0.600. The van der Waals surface area contributed by atoms with Crippen molar-refractivity contribution >= 4 is 26.6 Å². The van der Waals surface area contributed by atoms with E-state index in [1.54, 1.807) is 11.1 Å². The van der Waals surface area contributed by atoms with Gasteiger partial charge in [-0.05, 0) is 44.5 Å². The van der Waals surface area contributed by atoms with Gasteiger partial charge >= 0.3 is 0 Å². The van der Waals surface area contributed by atoms with Crippen LogP contribution in [-0.4, -0.2) is 61.1 Å². The lowest BCUT2D eigenvalue weighted by atomic mass is 10.0. The predicted molar refractivity (Wildman–Crippen MR) is 154 cm³/mol. The maximum absolute atomic E-state index is 3.89. The fraction of sp³-hybridized carbons (Fsp3) is 0.643. The summed E-state index contributed by atoms with van der Waals surface area (Å²) in [5.41, 5.74) is 3.21. The Morgan fingerprint density at radius 3 is 1.85 bits per heavy atom. The number of fused-ring (bicyclic) bond motifs is 1. The van der Waals surface area contributed by atoms with E-state index in [9.17, 15) is 0 Å². The van der Waals surface area contributed by atoms with Crippen LogP contribution in [0.25, 0.3) is 10.8 Å². The highest BCUT2D eigenvalue weighted by Crippen LogP contribution is 2.62. The fourth-order valence-corrected chi connectivity index (χ4v) is 12.4. The normalized spacial score (nSPS) is 23.4. The minimum Gasteiger partial charge on any atom is -0.314 e. The van der Waals surface area contributed by atoms with Crippen LogP contribution < -0.4 is 21.3 Å². The molecular weight excluding hydrogens is 454 g/mol. The van der Waals surface area contributed by atoms with Gasteiger partial charge in [-0.3, -0.25) is 0 Å². The van der Waals surface area contributed by atoms with Crippen molar-refractivity contribution in [1.29, 1.82) is 0 Å². The molecular formula is C28H46N4P2. The quantitative estimate of drug-likeness (QED) is 0.399. The van der Waals surface area contributed by atoms with Gasteiger partial charge in [0.25, 0.3) is 0 Å². The minimum atomic E-state index is -0.266. The van der Waals surface area contributed by atoms with Gasteiger partial charge in [-0.1, -0.05) is 93.8 Å². The molecule has 2 fully saturated rings. The molecule has 0 radical (unpaired) electrons. The molecule has 4 rings (SSSR count). The van der Waals surface area contributed by atoms with Gasteiger partial charge in [0.2, 0.25) is 0 Å². The predicted octanol–water partition coefficient (Wildman–Crippen LogP) is 5.44. The number of hydrogen-bond acceptors (Lipinski definition) is 4. The largest absolute Gasteiger partial charge is 0.314 e. The van der Waals surface area contributed by atoms with Crippen molar-refractivity contribution in [3.8, 4) is 0 Å². The Balaban J connectivity index is 1.74. The second-order valence-corrected chi connectivity index (χ2v) is 18.3. The van der Waals surface area contributed by atoms with Crippen LogP contribution in [0.2, 0.25) is 0 Å². The van der Waals surface area contributed by atoms with Crippen molar-refractivity contribution in [2.45, 2.75) is 75.7 Å². The highest BCUT2D eigenvalue weighted by molar-refractivity contribution is 7.60. The van der Waals surface area contributed by atoms with Gasteiger partial charge in [0.15, 0.2) is 0 Å². The van der Waals surface area contributed by atoms with Crippen LogP contribution in [-0.2, 0) is 12.3 Å². The van der Waals surface area contributed by atoms with E-state index in [2.05, 4.69) is 99.2 Å². The van der Waals surface area contributed by atoms with E-state index in [1.807, 2.05) is 0 Å². The number of hydrogen-bond donors (Lipinski definition) is 4. The van der Waals surface area contributed by atoms with Crippen LogP contribution in [0.4, 0.5) is 0 Å². The average Bonchev–Trinajstić information content (AvgIpc) is 2.81. The topological polar surface area (TPSA) is 48.1 Å². The summed E-state index contributed by atoms with van der Waals surface area (Å²) in [5.74, 6) is 1.12. The Labute approximate surface area is 210 Å². The Kier molecular flexibility index (Phi) is 8.72. The van der Waals surface area contributed by atoms with E-state index >= 15 is 0 Å². The molecule has 4 N–H and O–H groups in total. The molecule has 0 spiro atoms. The first-order valence-corrected chi connectivity index (χ1v) is 16.2. The second-order valence-electron chi connectivity index (χ2n) is 11.9. The molecule has 2 heterocycles. The first-order valence-electron chi connectivity index (χ1n) is 13.1. The summed E-state index contributed by atoms with van der Waals surface area (Å²) in [6, 6.07) is 13.9. The lowest BCUT2D eigenvalue weighted by Crippen LogP contribution is -2.53. The van der Waals surface area contributed by atoms with E-state index in [-0.39, 0.29) is 15.8 Å². The van der Waals surface area contributed by atoms with E-state index < -0.39 is 0 Å². The third-order valence-corrected chi connectivity index (χ3v) is 14.2. The van der Waals surface area contributed by atoms with E-state index in [1.165, 1.54) is 23.1 Å². The second kappa shape index (κ2) is 11.2. The van der Waals surface area contributed by atoms with Crippen molar-refractivity contribution in [2.75, 3.05) is 39.3 Å². The van der Waals surface area contributed by atoms with Crippen molar-refractivity contribution in [1.82, 2.24) is 21.3 Å². The van der Waals surface area contributed by atoms with Crippen molar-refractivity contribution in [3.63, 3.8) is 0 Å². The van der Waals surface area contributed by atoms with Crippen molar-refractivity contribution in [3.05, 3.63) is 47.5 Å². The number of piperazine rings is 2. The maximum atomic E-state index is 3.89. The summed E-state index contributed by atoms with van der Waals surface area (Å²) in [4.78, 5) is 0. The zero-order chi connectivity index (χ0) is 24.3. The molecule has 2 aromatic rings. The van der Waals surface area contributed by atoms with Gasteiger partial charge in [0.1, 0.15) is 0 Å². The average molecular weight is 501 g/mol. The van der Waals surface area contributed by atoms with Crippen LogP contribution >= 0.6 is 15.8 Å². The number of nitrogens with one attached hydrogen (secondary N) is 4. The Morgan fingerprint density at radius 1 is 0.735 bits per heavy atom. The van der Waals surface area contributed by atoms with Gasteiger partial charge in [0, 0.05) is 50.8 Å². The number of rotatable bonds is 6. The molecule has 2 aliphatic heterocycles. The zero-order valence-corrected chi connectivity index (χ0v) is 24.0. The monoisotopic (exact) mass is 500 g/mol. The van der Waals surface area contributed by atoms with Crippen molar-refractivity contribution < 1.29 is 0 Å². The van der Waals surface area contributed by atoms with Gasteiger partial charge < -0.3 is 21.3 Å². The molecule has 2 saturated heterocycles. The summed E-state index contributed by atoms with van der Waals surface area (Å²) >= 11 is 0. The molecule has 0 aromatic heterocycles. The van der Waals surface area contributed by atoms with Gasteiger partial charge in [-0.15, -0.1) is 0 Å². The molecule has 0 saturated carbocycles. The molecule has 6 heteroatoms. The zero-order valence-electron chi connectivity index (χ0n) is 22.2. The molecule has 0 amide bonds. The van der Waals surface area contributed by atoms with Crippen LogP contribution in [0.5, 0.6) is 0 Å². The smallest absolute Gasteiger partial charge is 0.0413 e. The van der Waals surface area contributed by atoms with E-state index in [0.29, 0.717) is 21.9 Å². The summed E-state index contributed by atoms with van der Waals surface area (Å²) in [6.45, 7) is 21.2. The van der Waals surface area contributed by atoms with Crippen LogP contribution in [0.1, 0.15) is 52.7 Å². The van der Waals surface area contributed by atoms with Crippen LogP contribution in [0.3, 0.4) is 0 Å². The minimum absolute atomic E-state index is 0.211. The third kappa shape index (κ3) is 6.39. The number of benzene rings is 2. The van der Waals surface area contributed by atoms with Gasteiger partial charge in [-0.2, -0.15) is 0 Å². The molecule has 2 aromatic carbocycles. The first kappa shape index (κ1) is 26.5. The Morgan fingerprint density at radius 2 is 1.32 bits per heavy atom. The fourth-order valence-electron chi connectivity index (χ4n) is 5.73. The molecule has 2 aliphatic rings. The van der Waals surface area contributed by atoms with E-state index in [4.69, 9.17) is 0 Å². The molecule has 2 unspecified atom stereocenters. The van der Waals surface area contributed by atoms with Gasteiger partial charge in [0.05, 0.1) is 0 Å². The standard InChI is InChI=1S/C28H46N4P2/c1-27(2,3)34(28(4,5)6)20-24-22(12-11-21-9-7-8-10-23(21)24)19-33(25-17-29-13-15-31-25)26-18-30-14-16-32-26/h7-12,25-26,29-32H,13-20H2,1-6H3. The van der Waals surface area contributed by atoms with E-state index in [0.717, 1.165) is 39.3 Å². The highest BCUT2D eigenvalue weighted by Gasteiger charge is 2.36. The molecule has 188 valence electrons. The Bertz CT molecular complexity index is 906. The van der Waals surface area contributed by atoms with Crippen LogP contribution in [0.15, 0.2) is 36.4 Å². The molecule has 0 bridgehead atoms. The highest BCUT2D eigenvalue weighted by atomic mass is 31.1. The first-order chi connectivity index (χ1) is 16.1.